The van der Waals surface area contributed by atoms with E-state index >= 15 is 0 Å². The maximum absolute atomic E-state index is 12.2. The summed E-state index contributed by atoms with van der Waals surface area (Å²) in [5.74, 6) is -0.540. The van der Waals surface area contributed by atoms with Crippen LogP contribution in [-0.2, 0) is 10.2 Å². The van der Waals surface area contributed by atoms with Gasteiger partial charge in [0.1, 0.15) is 0 Å². The quantitative estimate of drug-likeness (QED) is 0.417. The Bertz CT molecular complexity index is 1240. The van der Waals surface area contributed by atoms with Crippen molar-refractivity contribution in [1.29, 1.82) is 0 Å². The van der Waals surface area contributed by atoms with E-state index in [1.54, 1.807) is 6.07 Å². The molecule has 2 saturated carbocycles. The number of carboxylic acid groups (broad SMARTS) is 1. The standard InChI is InChI=1S/C29H36O4/c1-16-13-19-17(2)24(31)21(30)14-20(19)18-7-8-28(5)22-15-27(4,25(32)33)10-9-26(22,3)11-12-29(28,6)23(16)18/h7-8,13-14,22,30-31H,9-12,15H2,1-6H3,(H,32,33)/t22-,26-,27-,28+,29-/m1/s1. The molecule has 3 aliphatic carbocycles. The van der Waals surface area contributed by atoms with E-state index in [-0.39, 0.29) is 33.7 Å². The number of benzene rings is 2. The number of aliphatic carboxylic acids is 1. The number of hydrogen-bond donors (Lipinski definition) is 3. The zero-order chi connectivity index (χ0) is 24.1. The second-order valence-electron chi connectivity index (χ2n) is 12.2. The summed E-state index contributed by atoms with van der Waals surface area (Å²) in [6.45, 7) is 13.0. The van der Waals surface area contributed by atoms with E-state index in [0.29, 0.717) is 12.0 Å². The molecule has 2 aromatic rings. The van der Waals surface area contributed by atoms with Crippen LogP contribution in [0.3, 0.4) is 0 Å². The zero-order valence-corrected chi connectivity index (χ0v) is 20.7. The number of hydrogen-bond acceptors (Lipinski definition) is 3. The van der Waals surface area contributed by atoms with Gasteiger partial charge in [-0.05, 0) is 103 Å². The van der Waals surface area contributed by atoms with Crippen molar-refractivity contribution in [2.24, 2.45) is 22.2 Å². The SMILES string of the molecule is Cc1cc2c(C)c(O)c(O)cc2c2c1[C@@]1(C)CC[C@@]3(C)CC[C@@](C)(C(=O)O)C[C@H]3[C@]1(C)C=C2. The van der Waals surface area contributed by atoms with Gasteiger partial charge in [-0.3, -0.25) is 4.79 Å². The molecule has 33 heavy (non-hydrogen) atoms. The fraction of sp³-hybridized carbons (Fsp3) is 0.552. The van der Waals surface area contributed by atoms with E-state index in [9.17, 15) is 20.1 Å². The van der Waals surface area contributed by atoms with Crippen LogP contribution in [0.15, 0.2) is 18.2 Å². The number of carboxylic acids is 1. The lowest BCUT2D eigenvalue weighted by Gasteiger charge is -2.65. The maximum atomic E-state index is 12.2. The third-order valence-electron chi connectivity index (χ3n) is 10.4. The Hall–Kier alpha value is -2.49. The predicted molar refractivity (Wildman–Crippen MR) is 132 cm³/mol. The van der Waals surface area contributed by atoms with Gasteiger partial charge in [-0.1, -0.05) is 39.0 Å². The molecule has 0 aromatic heterocycles. The van der Waals surface area contributed by atoms with Crippen LogP contribution in [-0.4, -0.2) is 21.3 Å². The van der Waals surface area contributed by atoms with Crippen molar-refractivity contribution in [3.8, 4) is 11.5 Å². The number of fused-ring (bicyclic) bond motifs is 7. The summed E-state index contributed by atoms with van der Waals surface area (Å²) in [6, 6.07) is 3.85. The van der Waals surface area contributed by atoms with Crippen molar-refractivity contribution in [3.05, 3.63) is 40.5 Å². The lowest BCUT2D eigenvalue weighted by Crippen LogP contribution is -2.59. The van der Waals surface area contributed by atoms with Crippen molar-refractivity contribution in [2.45, 2.75) is 79.1 Å². The minimum absolute atomic E-state index is 0.0544. The van der Waals surface area contributed by atoms with Crippen LogP contribution in [0.4, 0.5) is 0 Å². The van der Waals surface area contributed by atoms with Crippen molar-refractivity contribution >= 4 is 22.8 Å². The molecule has 0 saturated heterocycles. The molecule has 5 rings (SSSR count). The molecular formula is C29H36O4. The minimum atomic E-state index is -0.682. The third-order valence-corrected chi connectivity index (χ3v) is 10.4. The molecule has 5 atom stereocenters. The van der Waals surface area contributed by atoms with Crippen LogP contribution in [0.5, 0.6) is 11.5 Å². The summed E-state index contributed by atoms with van der Waals surface area (Å²) in [5, 5.41) is 32.7. The number of carbonyl (C=O) groups is 1. The first-order valence-electron chi connectivity index (χ1n) is 12.2. The minimum Gasteiger partial charge on any atom is -0.504 e. The summed E-state index contributed by atoms with van der Waals surface area (Å²) in [4.78, 5) is 12.2. The maximum Gasteiger partial charge on any atom is 0.309 e. The van der Waals surface area contributed by atoms with Gasteiger partial charge in [0.05, 0.1) is 5.41 Å². The van der Waals surface area contributed by atoms with E-state index in [2.05, 4.69) is 45.9 Å². The first kappa shape index (κ1) is 22.3. The number of aryl methyl sites for hydroxylation is 2. The number of aromatic hydroxyl groups is 2. The Morgan fingerprint density at radius 3 is 2.30 bits per heavy atom. The lowest BCUT2D eigenvalue weighted by atomic mass is 9.38. The average molecular weight is 449 g/mol. The fourth-order valence-electron chi connectivity index (χ4n) is 7.86. The van der Waals surface area contributed by atoms with Crippen LogP contribution in [0.25, 0.3) is 16.8 Å². The second kappa shape index (κ2) is 6.55. The van der Waals surface area contributed by atoms with E-state index < -0.39 is 11.4 Å². The van der Waals surface area contributed by atoms with E-state index in [4.69, 9.17) is 0 Å². The Balaban J connectivity index is 1.75. The van der Waals surface area contributed by atoms with Gasteiger partial charge in [-0.25, -0.2) is 0 Å². The summed E-state index contributed by atoms with van der Waals surface area (Å²) in [7, 11) is 0. The Kier molecular flexibility index (Phi) is 4.43. The fourth-order valence-corrected chi connectivity index (χ4v) is 7.86. The van der Waals surface area contributed by atoms with Crippen LogP contribution in [0, 0.1) is 36.0 Å². The molecule has 0 aliphatic heterocycles. The van der Waals surface area contributed by atoms with Gasteiger partial charge in [0.15, 0.2) is 11.5 Å². The van der Waals surface area contributed by atoms with Gasteiger partial charge in [0.25, 0.3) is 0 Å². The van der Waals surface area contributed by atoms with Gasteiger partial charge >= 0.3 is 5.97 Å². The molecule has 2 fully saturated rings. The Morgan fingerprint density at radius 1 is 0.970 bits per heavy atom. The first-order valence-corrected chi connectivity index (χ1v) is 12.2. The zero-order valence-electron chi connectivity index (χ0n) is 20.7. The first-order chi connectivity index (χ1) is 15.3. The number of allylic oxidation sites excluding steroid dienone is 1. The number of phenolic OH excluding ortho intramolecular Hbond substituents is 2. The van der Waals surface area contributed by atoms with Gasteiger partial charge in [-0.2, -0.15) is 0 Å². The molecule has 3 N–H and O–H groups in total. The topological polar surface area (TPSA) is 77.8 Å². The molecule has 176 valence electrons. The van der Waals surface area contributed by atoms with Crippen LogP contribution >= 0.6 is 0 Å². The molecular weight excluding hydrogens is 412 g/mol. The van der Waals surface area contributed by atoms with Gasteiger partial charge < -0.3 is 15.3 Å². The van der Waals surface area contributed by atoms with Crippen molar-refractivity contribution in [1.82, 2.24) is 0 Å². The molecule has 0 heterocycles. The monoisotopic (exact) mass is 448 g/mol. The number of rotatable bonds is 1. The van der Waals surface area contributed by atoms with Crippen molar-refractivity contribution < 1.29 is 20.1 Å². The van der Waals surface area contributed by atoms with E-state index in [1.807, 2.05) is 13.8 Å². The smallest absolute Gasteiger partial charge is 0.309 e. The lowest BCUT2D eigenvalue weighted by molar-refractivity contribution is -0.161. The molecule has 4 heteroatoms. The average Bonchev–Trinajstić information content (AvgIpc) is 2.75. The van der Waals surface area contributed by atoms with Crippen molar-refractivity contribution in [2.75, 3.05) is 0 Å². The highest BCUT2D eigenvalue weighted by Crippen LogP contribution is 2.69. The van der Waals surface area contributed by atoms with E-state index in [1.165, 1.54) is 11.1 Å². The summed E-state index contributed by atoms with van der Waals surface area (Å²) in [6.07, 6.45) is 9.09. The third kappa shape index (κ3) is 2.67. The highest BCUT2D eigenvalue weighted by molar-refractivity contribution is 5.98. The molecule has 3 aliphatic rings. The molecule has 0 unspecified atom stereocenters. The molecule has 0 amide bonds. The highest BCUT2D eigenvalue weighted by Gasteiger charge is 2.63. The summed E-state index contributed by atoms with van der Waals surface area (Å²) in [5.41, 5.74) is 3.48. The molecule has 0 bridgehead atoms. The predicted octanol–water partition coefficient (Wildman–Crippen LogP) is 6.85. The van der Waals surface area contributed by atoms with Crippen LogP contribution in [0.2, 0.25) is 0 Å². The van der Waals surface area contributed by atoms with Crippen LogP contribution in [0.1, 0.15) is 82.1 Å². The highest BCUT2D eigenvalue weighted by atomic mass is 16.4. The molecule has 2 aromatic carbocycles. The normalized spacial score (nSPS) is 37.3. The summed E-state index contributed by atoms with van der Waals surface area (Å²) >= 11 is 0. The summed E-state index contributed by atoms with van der Waals surface area (Å²) < 4.78 is 0. The van der Waals surface area contributed by atoms with Gasteiger partial charge in [-0.15, -0.1) is 0 Å². The van der Waals surface area contributed by atoms with Gasteiger partial charge in [0, 0.05) is 11.0 Å². The van der Waals surface area contributed by atoms with Crippen LogP contribution < -0.4 is 0 Å². The molecule has 0 spiro atoms. The largest absolute Gasteiger partial charge is 0.504 e. The van der Waals surface area contributed by atoms with Crippen molar-refractivity contribution in [3.63, 3.8) is 0 Å². The molecule has 4 nitrogen and oxygen atoms in total. The van der Waals surface area contributed by atoms with E-state index in [0.717, 1.165) is 42.0 Å². The van der Waals surface area contributed by atoms with Gasteiger partial charge in [0.2, 0.25) is 0 Å². The Morgan fingerprint density at radius 2 is 1.64 bits per heavy atom. The molecule has 0 radical (unpaired) electrons. The second-order valence-corrected chi connectivity index (χ2v) is 12.2. The number of phenols is 2. The Labute approximate surface area is 196 Å².